The van der Waals surface area contributed by atoms with Crippen LogP contribution in [0.5, 0.6) is 0 Å². The smallest absolute Gasteiger partial charge is 0.0579 e. The zero-order valence-electron chi connectivity index (χ0n) is 11.2. The molecule has 0 bridgehead atoms. The van der Waals surface area contributed by atoms with Gasteiger partial charge in [0.05, 0.1) is 6.10 Å². The molecule has 1 aromatic carbocycles. The van der Waals surface area contributed by atoms with Gasteiger partial charge < -0.3 is 5.11 Å². The Morgan fingerprint density at radius 1 is 1.12 bits per heavy atom. The van der Waals surface area contributed by atoms with Gasteiger partial charge in [-0.3, -0.25) is 0 Å². The van der Waals surface area contributed by atoms with Crippen molar-refractivity contribution in [1.29, 1.82) is 0 Å². The summed E-state index contributed by atoms with van der Waals surface area (Å²) in [4.78, 5) is 0. The molecule has 1 aliphatic rings. The van der Waals surface area contributed by atoms with Gasteiger partial charge in [-0.1, -0.05) is 57.5 Å². The minimum absolute atomic E-state index is 0.0703. The van der Waals surface area contributed by atoms with E-state index in [0.29, 0.717) is 11.8 Å². The van der Waals surface area contributed by atoms with E-state index >= 15 is 0 Å². The van der Waals surface area contributed by atoms with E-state index in [1.165, 1.54) is 12.0 Å². The van der Waals surface area contributed by atoms with Crippen LogP contribution in [0.25, 0.3) is 0 Å². The number of hydrogen-bond donors (Lipinski definition) is 1. The Bertz CT molecular complexity index is 355. The van der Waals surface area contributed by atoms with Gasteiger partial charge in [0.25, 0.3) is 0 Å². The van der Waals surface area contributed by atoms with E-state index in [4.69, 9.17) is 0 Å². The fourth-order valence-corrected chi connectivity index (χ4v) is 3.27. The molecule has 1 fully saturated rings. The van der Waals surface area contributed by atoms with E-state index in [-0.39, 0.29) is 11.5 Å². The van der Waals surface area contributed by atoms with E-state index in [0.717, 1.165) is 12.8 Å². The van der Waals surface area contributed by atoms with Crippen molar-refractivity contribution in [3.8, 4) is 0 Å². The highest BCUT2D eigenvalue weighted by molar-refractivity contribution is 5.25. The molecule has 1 nitrogen and oxygen atoms in total. The Hall–Kier alpha value is -0.820. The Morgan fingerprint density at radius 2 is 1.76 bits per heavy atom. The number of benzene rings is 1. The van der Waals surface area contributed by atoms with Gasteiger partial charge >= 0.3 is 0 Å². The van der Waals surface area contributed by atoms with Crippen molar-refractivity contribution < 1.29 is 5.11 Å². The molecule has 1 N–H and O–H groups in total. The molecule has 1 aromatic rings. The molecule has 0 heterocycles. The molecule has 0 aromatic heterocycles. The van der Waals surface area contributed by atoms with Gasteiger partial charge in [-0.05, 0) is 35.7 Å². The molecule has 0 unspecified atom stereocenters. The minimum Gasteiger partial charge on any atom is -0.393 e. The fraction of sp³-hybridized carbons (Fsp3) is 0.625. The Kier molecular flexibility index (Phi) is 3.58. The predicted octanol–water partition coefficient (Wildman–Crippen LogP) is 3.76. The van der Waals surface area contributed by atoms with Crippen LogP contribution >= 0.6 is 0 Å². The lowest BCUT2D eigenvalue weighted by Crippen LogP contribution is -2.41. The predicted molar refractivity (Wildman–Crippen MR) is 72.0 cm³/mol. The first kappa shape index (κ1) is 12.6. The molecule has 94 valence electrons. The summed E-state index contributed by atoms with van der Waals surface area (Å²) in [7, 11) is 0. The van der Waals surface area contributed by atoms with E-state index in [2.05, 4.69) is 51.1 Å². The van der Waals surface area contributed by atoms with Crippen LogP contribution in [0.15, 0.2) is 30.3 Å². The zero-order valence-corrected chi connectivity index (χ0v) is 11.2. The van der Waals surface area contributed by atoms with E-state index in [1.54, 1.807) is 0 Å². The summed E-state index contributed by atoms with van der Waals surface area (Å²) in [5, 5.41) is 10.3. The Labute approximate surface area is 105 Å². The van der Waals surface area contributed by atoms with Crippen molar-refractivity contribution in [2.45, 2.75) is 51.6 Å². The van der Waals surface area contributed by atoms with Crippen LogP contribution in [0, 0.1) is 11.8 Å². The zero-order chi connectivity index (χ0) is 12.5. The molecular weight excluding hydrogens is 208 g/mol. The van der Waals surface area contributed by atoms with Crippen LogP contribution in [0.1, 0.15) is 45.6 Å². The third-order valence-electron chi connectivity index (χ3n) is 4.52. The second kappa shape index (κ2) is 4.81. The summed E-state index contributed by atoms with van der Waals surface area (Å²) in [6, 6.07) is 10.6. The summed E-state index contributed by atoms with van der Waals surface area (Å²) in [5.74, 6) is 1.06. The topological polar surface area (TPSA) is 20.2 Å². The van der Waals surface area contributed by atoms with E-state index in [1.807, 2.05) is 0 Å². The standard InChI is InChI=1S/C16H24O/c1-12-9-10-14(15(17)11-12)16(2,3)13-7-5-4-6-8-13/h4-8,12,14-15,17H,9-11H2,1-3H3/t12-,14-,15+/m1/s1. The van der Waals surface area contributed by atoms with E-state index < -0.39 is 0 Å². The van der Waals surface area contributed by atoms with Gasteiger partial charge in [0.2, 0.25) is 0 Å². The largest absolute Gasteiger partial charge is 0.393 e. The number of hydrogen-bond acceptors (Lipinski definition) is 1. The number of rotatable bonds is 2. The molecule has 17 heavy (non-hydrogen) atoms. The van der Waals surface area contributed by atoms with Gasteiger partial charge in [0.15, 0.2) is 0 Å². The maximum Gasteiger partial charge on any atom is 0.0579 e. The van der Waals surface area contributed by atoms with E-state index in [9.17, 15) is 5.11 Å². The minimum atomic E-state index is -0.144. The van der Waals surface area contributed by atoms with Crippen molar-refractivity contribution in [3.63, 3.8) is 0 Å². The van der Waals surface area contributed by atoms with Crippen molar-refractivity contribution in [2.75, 3.05) is 0 Å². The molecule has 2 rings (SSSR count). The van der Waals surface area contributed by atoms with Gasteiger partial charge in [-0.15, -0.1) is 0 Å². The van der Waals surface area contributed by atoms with Crippen molar-refractivity contribution in [3.05, 3.63) is 35.9 Å². The first-order valence-corrected chi connectivity index (χ1v) is 6.75. The molecule has 1 heteroatoms. The van der Waals surface area contributed by atoms with Crippen molar-refractivity contribution >= 4 is 0 Å². The molecule has 1 aliphatic carbocycles. The molecule has 0 radical (unpaired) electrons. The normalized spacial score (nSPS) is 30.2. The third kappa shape index (κ3) is 2.55. The summed E-state index contributed by atoms with van der Waals surface area (Å²) in [6.45, 7) is 6.79. The van der Waals surface area contributed by atoms with Crippen molar-refractivity contribution in [2.24, 2.45) is 11.8 Å². The van der Waals surface area contributed by atoms with Crippen LogP contribution < -0.4 is 0 Å². The molecule has 1 saturated carbocycles. The van der Waals surface area contributed by atoms with Gasteiger partial charge in [0, 0.05) is 0 Å². The van der Waals surface area contributed by atoms with Crippen molar-refractivity contribution in [1.82, 2.24) is 0 Å². The maximum absolute atomic E-state index is 10.3. The van der Waals surface area contributed by atoms with Gasteiger partial charge in [-0.25, -0.2) is 0 Å². The molecule has 3 atom stereocenters. The van der Waals surface area contributed by atoms with Crippen LogP contribution in [0.2, 0.25) is 0 Å². The highest BCUT2D eigenvalue weighted by atomic mass is 16.3. The monoisotopic (exact) mass is 232 g/mol. The molecule has 0 aliphatic heterocycles. The SMILES string of the molecule is C[C@@H]1CC[C@@H](C(C)(C)c2ccccc2)[C@@H](O)C1. The second-order valence-electron chi connectivity index (χ2n) is 6.18. The highest BCUT2D eigenvalue weighted by Gasteiger charge is 2.38. The van der Waals surface area contributed by atoms with Crippen LogP contribution in [0.4, 0.5) is 0 Å². The summed E-state index contributed by atoms with van der Waals surface area (Å²) in [6.07, 6.45) is 3.21. The first-order chi connectivity index (χ1) is 8.01. The molecule has 0 spiro atoms. The lowest BCUT2D eigenvalue weighted by Gasteiger charge is -2.42. The average Bonchev–Trinajstić information content (AvgIpc) is 2.29. The van der Waals surface area contributed by atoms with Gasteiger partial charge in [-0.2, -0.15) is 0 Å². The molecule has 0 amide bonds. The quantitative estimate of drug-likeness (QED) is 0.823. The van der Waals surface area contributed by atoms with Gasteiger partial charge in [0.1, 0.15) is 0 Å². The van der Waals surface area contributed by atoms with Crippen LogP contribution in [-0.4, -0.2) is 11.2 Å². The third-order valence-corrected chi connectivity index (χ3v) is 4.52. The number of aliphatic hydroxyl groups is 1. The summed E-state index contributed by atoms with van der Waals surface area (Å²) < 4.78 is 0. The summed E-state index contributed by atoms with van der Waals surface area (Å²) in [5.41, 5.74) is 1.42. The molecule has 0 saturated heterocycles. The summed E-state index contributed by atoms with van der Waals surface area (Å²) >= 11 is 0. The van der Waals surface area contributed by atoms with Crippen LogP contribution in [-0.2, 0) is 5.41 Å². The maximum atomic E-state index is 10.3. The number of aliphatic hydroxyl groups excluding tert-OH is 1. The molecular formula is C16H24O. The first-order valence-electron chi connectivity index (χ1n) is 6.75. The fourth-order valence-electron chi connectivity index (χ4n) is 3.27. The second-order valence-corrected chi connectivity index (χ2v) is 6.18. The average molecular weight is 232 g/mol. The highest BCUT2D eigenvalue weighted by Crippen LogP contribution is 2.42. The van der Waals surface area contributed by atoms with Crippen LogP contribution in [0.3, 0.4) is 0 Å². The lowest BCUT2D eigenvalue weighted by molar-refractivity contribution is 0.0143. The Morgan fingerprint density at radius 3 is 2.35 bits per heavy atom. The lowest BCUT2D eigenvalue weighted by atomic mass is 9.64. The Balaban J connectivity index is 2.21.